The van der Waals surface area contributed by atoms with Crippen molar-refractivity contribution in [2.24, 2.45) is 0 Å². The highest BCUT2D eigenvalue weighted by Crippen LogP contribution is 2.20. The van der Waals surface area contributed by atoms with E-state index in [0.717, 1.165) is 10.5 Å². The molecule has 0 atom stereocenters. The summed E-state index contributed by atoms with van der Waals surface area (Å²) in [6, 6.07) is 0. The Bertz CT molecular complexity index is 841. The number of nitrogens with zero attached hydrogens (tertiary/aromatic N) is 10. The van der Waals surface area contributed by atoms with Gasteiger partial charge < -0.3 is 11.1 Å². The van der Waals surface area contributed by atoms with Crippen molar-refractivity contribution < 1.29 is 29.0 Å². The second-order valence-corrected chi connectivity index (χ2v) is 5.62. The molecule has 0 amide bonds. The average molecular weight is 472 g/mol. The zero-order chi connectivity index (χ0) is 24.4. The molecule has 0 saturated heterocycles. The highest BCUT2D eigenvalue weighted by Gasteiger charge is 2.22. The predicted octanol–water partition coefficient (Wildman–Crippen LogP) is -1.03. The largest absolute Gasteiger partial charge is 0.368 e. The molecule has 0 aliphatic heterocycles. The van der Waals surface area contributed by atoms with E-state index in [0.29, 0.717) is 0 Å². The molecule has 2 aromatic rings. The van der Waals surface area contributed by atoms with E-state index < -0.39 is 0 Å². The molecule has 2 aromatic heterocycles. The summed E-state index contributed by atoms with van der Waals surface area (Å²) in [4.78, 5) is 56.3. The van der Waals surface area contributed by atoms with Crippen molar-refractivity contribution in [1.29, 1.82) is 0 Å². The van der Waals surface area contributed by atoms with Crippen LogP contribution in [0, 0.1) is 0 Å². The third kappa shape index (κ3) is 6.54. The van der Waals surface area contributed by atoms with Crippen LogP contribution in [0.15, 0.2) is 0 Å². The van der Waals surface area contributed by atoms with Crippen LogP contribution in [0.3, 0.4) is 0 Å². The van der Waals surface area contributed by atoms with Gasteiger partial charge in [-0.15, -0.1) is 0 Å². The fourth-order valence-electron chi connectivity index (χ4n) is 2.43. The van der Waals surface area contributed by atoms with E-state index in [1.165, 1.54) is 52.8 Å². The molecule has 18 heteroatoms. The molecule has 18 nitrogen and oxygen atoms in total. The summed E-state index contributed by atoms with van der Waals surface area (Å²) < 4.78 is 0. The molecular formula is C15H28N12O6. The number of aromatic nitrogens is 6. The van der Waals surface area contributed by atoms with E-state index in [-0.39, 0.29) is 48.8 Å². The van der Waals surface area contributed by atoms with Gasteiger partial charge in [-0.25, -0.2) is 29.5 Å². The number of rotatable bonds is 14. The standard InChI is InChI=1S/C15H28N12O6/c1-17-11-18-10(16)19-12(20-11)24(28-2)8-9-25(29-3)13-21-14(26(30-4)31-5)23-15(22-13)27(32-6)33-7/h8-9H2,1-7H3,(H3,16,17,18,19,20). The van der Waals surface area contributed by atoms with Crippen molar-refractivity contribution in [3.8, 4) is 0 Å². The number of nitrogens with two attached hydrogens (primary N) is 1. The third-order valence-corrected chi connectivity index (χ3v) is 3.85. The highest BCUT2D eigenvalue weighted by atomic mass is 16.9. The Labute approximate surface area is 189 Å². The monoisotopic (exact) mass is 472 g/mol. The molecule has 0 radical (unpaired) electrons. The van der Waals surface area contributed by atoms with Gasteiger partial charge in [0.1, 0.15) is 0 Å². The first-order chi connectivity index (χ1) is 15.9. The van der Waals surface area contributed by atoms with E-state index >= 15 is 0 Å². The molecule has 0 spiro atoms. The first-order valence-electron chi connectivity index (χ1n) is 9.29. The van der Waals surface area contributed by atoms with Gasteiger partial charge in [0.15, 0.2) is 0 Å². The second kappa shape index (κ2) is 12.6. The molecule has 0 unspecified atom stereocenters. The highest BCUT2D eigenvalue weighted by molar-refractivity contribution is 5.42. The van der Waals surface area contributed by atoms with Crippen molar-refractivity contribution in [2.75, 3.05) is 94.4 Å². The van der Waals surface area contributed by atoms with Gasteiger partial charge >= 0.3 is 0 Å². The van der Waals surface area contributed by atoms with Gasteiger partial charge in [-0.3, -0.25) is 9.68 Å². The quantitative estimate of drug-likeness (QED) is 0.318. The molecule has 0 aliphatic carbocycles. The molecule has 33 heavy (non-hydrogen) atoms. The summed E-state index contributed by atoms with van der Waals surface area (Å²) in [5, 5.41) is 7.47. The minimum absolute atomic E-state index is 0.00588. The SMILES string of the molecule is CNc1nc(N)nc(N(CCN(OC)c2nc(N(OC)OC)nc(N(OC)OC)n2)OC)n1. The van der Waals surface area contributed by atoms with Crippen molar-refractivity contribution in [3.05, 3.63) is 0 Å². The predicted molar refractivity (Wildman–Crippen MR) is 115 cm³/mol. The topological polar surface area (TPSA) is 184 Å². The van der Waals surface area contributed by atoms with Gasteiger partial charge in [0.25, 0.3) is 23.8 Å². The van der Waals surface area contributed by atoms with E-state index in [9.17, 15) is 0 Å². The summed E-state index contributed by atoms with van der Waals surface area (Å²) in [7, 11) is 10.1. The van der Waals surface area contributed by atoms with Gasteiger partial charge in [0.05, 0.1) is 55.7 Å². The van der Waals surface area contributed by atoms with E-state index in [1.54, 1.807) is 7.05 Å². The van der Waals surface area contributed by atoms with Gasteiger partial charge in [0.2, 0.25) is 11.9 Å². The number of nitrogens with one attached hydrogen (secondary N) is 1. The lowest BCUT2D eigenvalue weighted by atomic mass is 10.6. The molecule has 0 saturated carbocycles. The van der Waals surface area contributed by atoms with Gasteiger partial charge in [-0.05, 0) is 0 Å². The lowest BCUT2D eigenvalue weighted by molar-refractivity contribution is -0.0526. The fourth-order valence-corrected chi connectivity index (χ4v) is 2.43. The van der Waals surface area contributed by atoms with E-state index in [2.05, 4.69) is 35.2 Å². The van der Waals surface area contributed by atoms with Gasteiger partial charge in [-0.2, -0.15) is 29.9 Å². The Morgan fingerprint density at radius 2 is 1.03 bits per heavy atom. The lowest BCUT2D eigenvalue weighted by Crippen LogP contribution is -2.37. The lowest BCUT2D eigenvalue weighted by Gasteiger charge is -2.26. The average Bonchev–Trinajstić information content (AvgIpc) is 2.83. The number of hydrogen-bond acceptors (Lipinski definition) is 18. The zero-order valence-electron chi connectivity index (χ0n) is 19.4. The minimum atomic E-state index is -0.00588. The third-order valence-electron chi connectivity index (χ3n) is 3.85. The summed E-state index contributed by atoms with van der Waals surface area (Å²) >= 11 is 0. The Morgan fingerprint density at radius 3 is 1.42 bits per heavy atom. The second-order valence-electron chi connectivity index (χ2n) is 5.62. The zero-order valence-corrected chi connectivity index (χ0v) is 19.4. The Hall–Kier alpha value is -3.42. The first-order valence-corrected chi connectivity index (χ1v) is 9.29. The van der Waals surface area contributed by atoms with Crippen LogP contribution in [0.5, 0.6) is 0 Å². The van der Waals surface area contributed by atoms with Crippen LogP contribution in [0.4, 0.5) is 35.7 Å². The van der Waals surface area contributed by atoms with Crippen LogP contribution in [-0.2, 0) is 29.0 Å². The molecule has 184 valence electrons. The molecule has 0 fully saturated rings. The summed E-state index contributed by atoms with van der Waals surface area (Å²) in [5.74, 6) is 0.575. The number of hydroxylamine groups is 2. The van der Waals surface area contributed by atoms with E-state index in [4.69, 9.17) is 34.8 Å². The van der Waals surface area contributed by atoms with Crippen LogP contribution >= 0.6 is 0 Å². The maximum absolute atomic E-state index is 5.74. The van der Waals surface area contributed by atoms with Gasteiger partial charge in [-0.1, -0.05) is 10.5 Å². The summed E-state index contributed by atoms with van der Waals surface area (Å²) in [5.41, 5.74) is 5.74. The summed E-state index contributed by atoms with van der Waals surface area (Å²) in [6.45, 7) is 0.400. The number of nitrogen functional groups attached to an aromatic ring is 1. The fraction of sp³-hybridized carbons (Fsp3) is 0.600. The van der Waals surface area contributed by atoms with Crippen LogP contribution in [0.25, 0.3) is 0 Å². The van der Waals surface area contributed by atoms with Crippen molar-refractivity contribution >= 4 is 35.7 Å². The van der Waals surface area contributed by atoms with Crippen molar-refractivity contribution in [1.82, 2.24) is 29.9 Å². The van der Waals surface area contributed by atoms with Gasteiger partial charge in [0, 0.05) is 7.05 Å². The molecule has 0 aromatic carbocycles. The Balaban J connectivity index is 2.33. The number of hydrogen-bond donors (Lipinski definition) is 2. The van der Waals surface area contributed by atoms with Crippen LogP contribution in [-0.4, -0.2) is 92.7 Å². The molecule has 2 heterocycles. The van der Waals surface area contributed by atoms with Crippen LogP contribution in [0.1, 0.15) is 0 Å². The first kappa shape index (κ1) is 25.8. The van der Waals surface area contributed by atoms with E-state index in [1.807, 2.05) is 0 Å². The molecule has 3 N–H and O–H groups in total. The number of anilines is 6. The molecule has 0 bridgehead atoms. The summed E-state index contributed by atoms with van der Waals surface area (Å²) in [6.07, 6.45) is 0. The van der Waals surface area contributed by atoms with Crippen LogP contribution < -0.4 is 31.6 Å². The molecule has 2 rings (SSSR count). The Morgan fingerprint density at radius 1 is 0.606 bits per heavy atom. The smallest absolute Gasteiger partial charge is 0.284 e. The Kier molecular flexibility index (Phi) is 9.84. The van der Waals surface area contributed by atoms with Crippen molar-refractivity contribution in [2.45, 2.75) is 0 Å². The van der Waals surface area contributed by atoms with Crippen LogP contribution in [0.2, 0.25) is 0 Å². The normalized spacial score (nSPS) is 10.8. The molecular weight excluding hydrogens is 444 g/mol. The maximum Gasteiger partial charge on any atom is 0.284 e. The minimum Gasteiger partial charge on any atom is -0.368 e. The maximum atomic E-state index is 5.74. The van der Waals surface area contributed by atoms with Crippen molar-refractivity contribution in [3.63, 3.8) is 0 Å². The molecule has 0 aliphatic rings.